The van der Waals surface area contributed by atoms with E-state index in [9.17, 15) is 4.79 Å². The summed E-state index contributed by atoms with van der Waals surface area (Å²) < 4.78 is 4.69. The number of allylic oxidation sites excluding steroid dienone is 4. The lowest BCUT2D eigenvalue weighted by atomic mass is 9.47. The lowest BCUT2D eigenvalue weighted by Gasteiger charge is -2.58. The Balaban J connectivity index is 1.95. The molecule has 0 bridgehead atoms. The predicted octanol–water partition coefficient (Wildman–Crippen LogP) is 7.41. The van der Waals surface area contributed by atoms with Crippen LogP contribution in [-0.4, -0.2) is 13.1 Å². The molecule has 0 radical (unpaired) electrons. The van der Waals surface area contributed by atoms with Gasteiger partial charge in [0.15, 0.2) is 0 Å². The van der Waals surface area contributed by atoms with Crippen molar-refractivity contribution in [3.63, 3.8) is 0 Å². The van der Waals surface area contributed by atoms with Crippen LogP contribution in [0.3, 0.4) is 0 Å². The van der Waals surface area contributed by atoms with Crippen LogP contribution in [0.1, 0.15) is 92.4 Å². The largest absolute Gasteiger partial charge is 0.466 e. The third-order valence-electron chi connectivity index (χ3n) is 7.74. The van der Waals surface area contributed by atoms with Gasteiger partial charge in [0.25, 0.3) is 0 Å². The summed E-state index contributed by atoms with van der Waals surface area (Å²) in [6, 6.07) is 0. The second-order valence-electron chi connectivity index (χ2n) is 10.3. The number of fused-ring (bicyclic) bond motifs is 1. The van der Waals surface area contributed by atoms with Crippen LogP contribution in [-0.2, 0) is 9.53 Å². The summed E-state index contributed by atoms with van der Waals surface area (Å²) in [4.78, 5) is 11.3. The van der Waals surface area contributed by atoms with Crippen LogP contribution in [0.4, 0.5) is 0 Å². The van der Waals surface area contributed by atoms with Crippen LogP contribution in [0.5, 0.6) is 0 Å². The van der Waals surface area contributed by atoms with Crippen molar-refractivity contribution in [2.45, 2.75) is 92.4 Å². The van der Waals surface area contributed by atoms with E-state index in [0.717, 1.165) is 30.8 Å². The molecule has 0 heterocycles. The Morgan fingerprint density at radius 2 is 1.89 bits per heavy atom. The maximum Gasteiger partial charge on any atom is 0.330 e. The molecule has 0 aromatic carbocycles. The zero-order valence-electron chi connectivity index (χ0n) is 19.2. The molecule has 2 fully saturated rings. The minimum atomic E-state index is -0.257. The van der Waals surface area contributed by atoms with Crippen molar-refractivity contribution >= 4 is 5.97 Å². The summed E-state index contributed by atoms with van der Waals surface area (Å²) >= 11 is 0. The van der Waals surface area contributed by atoms with Gasteiger partial charge in [-0.1, -0.05) is 56.6 Å². The number of hydrogen-bond acceptors (Lipinski definition) is 2. The fraction of sp³-hybridized carbons (Fsp3) is 0.731. The van der Waals surface area contributed by atoms with Crippen molar-refractivity contribution < 1.29 is 9.53 Å². The number of carbonyl (C=O) groups excluding carboxylic acids is 1. The van der Waals surface area contributed by atoms with Crippen LogP contribution in [0.15, 0.2) is 35.5 Å². The zero-order valence-corrected chi connectivity index (χ0v) is 19.2. The number of rotatable bonds is 7. The molecule has 2 aliphatic carbocycles. The Bertz CT molecular complexity index is 637. The van der Waals surface area contributed by atoms with E-state index in [4.69, 9.17) is 4.74 Å². The molecule has 2 rings (SSSR count). The van der Waals surface area contributed by atoms with Crippen molar-refractivity contribution in [1.82, 2.24) is 0 Å². The molecular weight excluding hydrogens is 344 g/mol. The molecule has 28 heavy (non-hydrogen) atoms. The van der Waals surface area contributed by atoms with E-state index >= 15 is 0 Å². The van der Waals surface area contributed by atoms with Crippen molar-refractivity contribution in [3.05, 3.63) is 35.5 Å². The number of carbonyl (C=O) groups is 1. The Kier molecular flexibility index (Phi) is 7.76. The van der Waals surface area contributed by atoms with E-state index in [1.54, 1.807) is 6.08 Å². The minimum absolute atomic E-state index is 0.257. The molecular formula is C26H42O2. The van der Waals surface area contributed by atoms with Crippen LogP contribution < -0.4 is 0 Å². The molecule has 0 spiro atoms. The first kappa shape index (κ1) is 23.0. The van der Waals surface area contributed by atoms with Gasteiger partial charge in [0.1, 0.15) is 0 Å². The Morgan fingerprint density at radius 3 is 2.57 bits per heavy atom. The maximum absolute atomic E-state index is 11.3. The van der Waals surface area contributed by atoms with Gasteiger partial charge in [0, 0.05) is 6.08 Å². The quantitative estimate of drug-likeness (QED) is 0.259. The number of hydrogen-bond donors (Lipinski definition) is 0. The van der Waals surface area contributed by atoms with Gasteiger partial charge in [-0.05, 0) is 87.9 Å². The molecule has 3 atom stereocenters. The summed E-state index contributed by atoms with van der Waals surface area (Å²) in [5.74, 6) is 1.24. The lowest BCUT2D eigenvalue weighted by molar-refractivity contribution is -0.134. The minimum Gasteiger partial charge on any atom is -0.466 e. The van der Waals surface area contributed by atoms with Gasteiger partial charge < -0.3 is 4.74 Å². The van der Waals surface area contributed by atoms with Crippen LogP contribution >= 0.6 is 0 Å². The van der Waals surface area contributed by atoms with Gasteiger partial charge >= 0.3 is 5.97 Å². The van der Waals surface area contributed by atoms with E-state index in [-0.39, 0.29) is 5.97 Å². The molecule has 2 aliphatic rings. The Hall–Kier alpha value is -1.31. The average molecular weight is 387 g/mol. The van der Waals surface area contributed by atoms with Gasteiger partial charge in [0.05, 0.1) is 7.11 Å². The molecule has 2 heteroatoms. The Morgan fingerprint density at radius 1 is 1.18 bits per heavy atom. The standard InChI is InChI=1S/C26H42O2/c1-19(10-8-11-20(2)18-24(27)28-7)12-14-22-21(3)13-15-23-25(4,5)16-9-17-26(22,23)6/h10,18,22-23H,3,8-9,11-17H2,1-2,4-7H3/b19-10-,20-18+/t22-,23-,26+/m0/s1. The lowest BCUT2D eigenvalue weighted by Crippen LogP contribution is -2.49. The molecule has 0 aromatic rings. The molecule has 2 saturated carbocycles. The SMILES string of the molecule is C=C1CC[C@H]2C(C)(C)CCC[C@]2(C)[C@H]1CC/C(C)=C\CC/C(C)=C/C(=O)OC. The van der Waals surface area contributed by atoms with Gasteiger partial charge in [-0.3, -0.25) is 0 Å². The molecule has 0 saturated heterocycles. The topological polar surface area (TPSA) is 26.3 Å². The molecule has 158 valence electrons. The van der Waals surface area contributed by atoms with E-state index in [0.29, 0.717) is 16.7 Å². The third-order valence-corrected chi connectivity index (χ3v) is 7.74. The van der Waals surface area contributed by atoms with Gasteiger partial charge in [-0.15, -0.1) is 0 Å². The van der Waals surface area contributed by atoms with Crippen LogP contribution in [0.25, 0.3) is 0 Å². The average Bonchev–Trinajstić information content (AvgIpc) is 2.60. The molecule has 0 amide bonds. The Labute approximate surface area is 173 Å². The van der Waals surface area contributed by atoms with E-state index < -0.39 is 0 Å². The highest BCUT2D eigenvalue weighted by atomic mass is 16.5. The molecule has 2 nitrogen and oxygen atoms in total. The van der Waals surface area contributed by atoms with E-state index in [1.165, 1.54) is 56.8 Å². The van der Waals surface area contributed by atoms with Gasteiger partial charge in [-0.25, -0.2) is 4.79 Å². The monoisotopic (exact) mass is 386 g/mol. The highest BCUT2D eigenvalue weighted by Crippen LogP contribution is 2.61. The summed E-state index contributed by atoms with van der Waals surface area (Å²) in [6.45, 7) is 16.3. The molecule has 0 unspecified atom stereocenters. The van der Waals surface area contributed by atoms with Crippen molar-refractivity contribution in [2.24, 2.45) is 22.7 Å². The molecule has 0 N–H and O–H groups in total. The first-order valence-electron chi connectivity index (χ1n) is 11.2. The summed E-state index contributed by atoms with van der Waals surface area (Å²) in [5, 5.41) is 0. The van der Waals surface area contributed by atoms with Crippen molar-refractivity contribution in [1.29, 1.82) is 0 Å². The molecule has 0 aliphatic heterocycles. The smallest absolute Gasteiger partial charge is 0.330 e. The number of esters is 1. The number of methoxy groups -OCH3 is 1. The first-order valence-corrected chi connectivity index (χ1v) is 11.2. The van der Waals surface area contributed by atoms with Gasteiger partial charge in [-0.2, -0.15) is 0 Å². The van der Waals surface area contributed by atoms with Crippen molar-refractivity contribution in [2.75, 3.05) is 7.11 Å². The summed E-state index contributed by atoms with van der Waals surface area (Å²) in [7, 11) is 1.42. The summed E-state index contributed by atoms with van der Waals surface area (Å²) in [6.07, 6.45) is 14.9. The zero-order chi connectivity index (χ0) is 20.9. The fourth-order valence-corrected chi connectivity index (χ4v) is 6.16. The normalized spacial score (nSPS) is 30.7. The van der Waals surface area contributed by atoms with Crippen molar-refractivity contribution in [3.8, 4) is 0 Å². The third kappa shape index (κ3) is 5.39. The fourth-order valence-electron chi connectivity index (χ4n) is 6.16. The van der Waals surface area contributed by atoms with E-state index in [1.807, 2.05) is 6.92 Å². The van der Waals surface area contributed by atoms with Crippen LogP contribution in [0.2, 0.25) is 0 Å². The van der Waals surface area contributed by atoms with E-state index in [2.05, 4.69) is 40.3 Å². The highest BCUT2D eigenvalue weighted by molar-refractivity contribution is 5.82. The maximum atomic E-state index is 11.3. The second-order valence-corrected chi connectivity index (χ2v) is 10.3. The van der Waals surface area contributed by atoms with Crippen LogP contribution in [0, 0.1) is 22.7 Å². The molecule has 0 aromatic heterocycles. The predicted molar refractivity (Wildman–Crippen MR) is 119 cm³/mol. The first-order chi connectivity index (χ1) is 13.1. The highest BCUT2D eigenvalue weighted by Gasteiger charge is 2.52. The second kappa shape index (κ2) is 9.46. The van der Waals surface area contributed by atoms with Gasteiger partial charge in [0.2, 0.25) is 0 Å². The summed E-state index contributed by atoms with van der Waals surface area (Å²) in [5.41, 5.74) is 4.95. The number of ether oxygens (including phenoxy) is 1.